The van der Waals surface area contributed by atoms with Crippen LogP contribution in [0, 0.1) is 5.92 Å². The summed E-state index contributed by atoms with van der Waals surface area (Å²) in [5.41, 5.74) is 1.02. The number of aryl methyl sites for hydroxylation is 1. The van der Waals surface area contributed by atoms with Crippen molar-refractivity contribution in [2.24, 2.45) is 13.0 Å². The molecule has 1 aliphatic heterocycles. The van der Waals surface area contributed by atoms with Gasteiger partial charge in [-0.2, -0.15) is 5.10 Å². The second kappa shape index (κ2) is 5.10. The third kappa shape index (κ3) is 2.41. The van der Waals surface area contributed by atoms with Crippen LogP contribution < -0.4 is 0 Å². The molecule has 2 heterocycles. The highest BCUT2D eigenvalue weighted by atomic mass is 16.4. The van der Waals surface area contributed by atoms with Crippen molar-refractivity contribution in [3.05, 3.63) is 18.0 Å². The van der Waals surface area contributed by atoms with Gasteiger partial charge >= 0.3 is 5.97 Å². The molecular weight excluding hydrogens is 230 g/mol. The van der Waals surface area contributed by atoms with Crippen LogP contribution in [0.5, 0.6) is 0 Å². The molecule has 1 aromatic rings. The molecule has 0 amide bonds. The lowest BCUT2D eigenvalue weighted by Gasteiger charge is -2.38. The van der Waals surface area contributed by atoms with Gasteiger partial charge in [-0.05, 0) is 32.9 Å². The predicted molar refractivity (Wildman–Crippen MR) is 68.4 cm³/mol. The highest BCUT2D eigenvalue weighted by molar-refractivity contribution is 5.71. The summed E-state index contributed by atoms with van der Waals surface area (Å²) in [6, 6.07) is 2.39. The van der Waals surface area contributed by atoms with E-state index in [1.54, 1.807) is 10.9 Å². The van der Waals surface area contributed by atoms with Crippen LogP contribution in [0.4, 0.5) is 0 Å². The lowest BCUT2D eigenvalue weighted by molar-refractivity contribution is -0.144. The number of hydrogen-bond acceptors (Lipinski definition) is 3. The van der Waals surface area contributed by atoms with Gasteiger partial charge in [0.05, 0.1) is 5.92 Å². The first kappa shape index (κ1) is 13.1. The minimum Gasteiger partial charge on any atom is -0.481 e. The molecule has 2 unspecified atom stereocenters. The summed E-state index contributed by atoms with van der Waals surface area (Å²) >= 11 is 0. The van der Waals surface area contributed by atoms with Crippen LogP contribution in [0.25, 0.3) is 0 Å². The fraction of sp³-hybridized carbons (Fsp3) is 0.692. The van der Waals surface area contributed by atoms with E-state index in [0.29, 0.717) is 12.5 Å². The van der Waals surface area contributed by atoms with Crippen molar-refractivity contribution in [2.45, 2.75) is 32.2 Å². The Kier molecular flexibility index (Phi) is 3.71. The van der Waals surface area contributed by atoms with E-state index in [2.05, 4.69) is 23.8 Å². The van der Waals surface area contributed by atoms with Crippen molar-refractivity contribution in [2.75, 3.05) is 13.1 Å². The Morgan fingerprint density at radius 2 is 2.28 bits per heavy atom. The van der Waals surface area contributed by atoms with Crippen molar-refractivity contribution in [3.63, 3.8) is 0 Å². The summed E-state index contributed by atoms with van der Waals surface area (Å²) in [4.78, 5) is 13.7. The van der Waals surface area contributed by atoms with Crippen molar-refractivity contribution in [1.82, 2.24) is 14.7 Å². The van der Waals surface area contributed by atoms with E-state index in [1.807, 2.05) is 13.1 Å². The molecular formula is C13H21N3O2. The summed E-state index contributed by atoms with van der Waals surface area (Å²) < 4.78 is 1.80. The number of aliphatic carboxylic acids is 1. The average molecular weight is 251 g/mol. The zero-order valence-electron chi connectivity index (χ0n) is 11.2. The molecule has 18 heavy (non-hydrogen) atoms. The highest BCUT2D eigenvalue weighted by Gasteiger charge is 2.37. The molecule has 2 atom stereocenters. The molecule has 0 spiro atoms. The zero-order chi connectivity index (χ0) is 13.3. The number of carbonyl (C=O) groups is 1. The predicted octanol–water partition coefficient (Wildman–Crippen LogP) is 1.32. The third-order valence-corrected chi connectivity index (χ3v) is 3.93. The van der Waals surface area contributed by atoms with Gasteiger partial charge in [0.25, 0.3) is 0 Å². The molecule has 100 valence electrons. The molecule has 1 aromatic heterocycles. The molecule has 1 N–H and O–H groups in total. The minimum absolute atomic E-state index is 0.0335. The summed E-state index contributed by atoms with van der Waals surface area (Å²) in [6.45, 7) is 5.97. The van der Waals surface area contributed by atoms with E-state index in [4.69, 9.17) is 0 Å². The number of hydrogen-bond donors (Lipinski definition) is 1. The number of nitrogens with zero attached hydrogens (tertiary/aromatic N) is 3. The van der Waals surface area contributed by atoms with E-state index < -0.39 is 5.97 Å². The fourth-order valence-electron chi connectivity index (χ4n) is 2.79. The Morgan fingerprint density at radius 3 is 2.78 bits per heavy atom. The normalized spacial score (nSPS) is 25.6. The lowest BCUT2D eigenvalue weighted by Crippen LogP contribution is -2.45. The van der Waals surface area contributed by atoms with Crippen LogP contribution in [-0.4, -0.2) is 44.9 Å². The van der Waals surface area contributed by atoms with Gasteiger partial charge < -0.3 is 10.0 Å². The van der Waals surface area contributed by atoms with Crippen LogP contribution in [0.3, 0.4) is 0 Å². The number of rotatable bonds is 3. The second-order valence-electron chi connectivity index (χ2n) is 5.31. The molecule has 1 saturated heterocycles. The minimum atomic E-state index is -0.690. The number of likely N-dealkylation sites (tertiary alicyclic amines) is 1. The molecule has 0 bridgehead atoms. The van der Waals surface area contributed by atoms with Crippen LogP contribution in [0.2, 0.25) is 0 Å². The van der Waals surface area contributed by atoms with Gasteiger partial charge in [-0.25, -0.2) is 0 Å². The van der Waals surface area contributed by atoms with Gasteiger partial charge in [0.1, 0.15) is 0 Å². The van der Waals surface area contributed by atoms with Gasteiger partial charge in [0, 0.05) is 37.4 Å². The Bertz CT molecular complexity index is 428. The summed E-state index contributed by atoms with van der Waals surface area (Å²) in [5.74, 6) is -0.953. The van der Waals surface area contributed by atoms with Crippen LogP contribution in [-0.2, 0) is 11.8 Å². The van der Waals surface area contributed by atoms with Crippen molar-refractivity contribution < 1.29 is 9.90 Å². The first-order chi connectivity index (χ1) is 8.50. The largest absolute Gasteiger partial charge is 0.481 e. The molecule has 5 heteroatoms. The molecule has 2 rings (SSSR count). The lowest BCUT2D eigenvalue weighted by atomic mass is 9.82. The van der Waals surface area contributed by atoms with Crippen LogP contribution in [0.15, 0.2) is 12.3 Å². The molecule has 0 aliphatic carbocycles. The highest BCUT2D eigenvalue weighted by Crippen LogP contribution is 2.33. The molecule has 0 radical (unpaired) electrons. The van der Waals surface area contributed by atoms with Gasteiger partial charge in [-0.3, -0.25) is 9.48 Å². The molecule has 0 saturated carbocycles. The smallest absolute Gasteiger partial charge is 0.307 e. The Balaban J connectivity index is 2.25. The quantitative estimate of drug-likeness (QED) is 0.880. The topological polar surface area (TPSA) is 58.4 Å². The van der Waals surface area contributed by atoms with Gasteiger partial charge in [0.2, 0.25) is 0 Å². The number of carboxylic acids is 1. The second-order valence-corrected chi connectivity index (χ2v) is 5.31. The maximum atomic E-state index is 11.4. The number of aromatic nitrogens is 2. The summed E-state index contributed by atoms with van der Waals surface area (Å²) in [6.07, 6.45) is 2.45. The number of carboxylic acid groups (broad SMARTS) is 1. The summed E-state index contributed by atoms with van der Waals surface area (Å²) in [7, 11) is 1.88. The molecule has 5 nitrogen and oxygen atoms in total. The van der Waals surface area contributed by atoms with Crippen molar-refractivity contribution in [1.29, 1.82) is 0 Å². The van der Waals surface area contributed by atoms with Crippen LogP contribution >= 0.6 is 0 Å². The average Bonchev–Trinajstić information content (AvgIpc) is 2.74. The summed E-state index contributed by atoms with van der Waals surface area (Å²) in [5, 5.41) is 13.5. The first-order valence-electron chi connectivity index (χ1n) is 6.45. The molecule has 1 fully saturated rings. The Labute approximate surface area is 107 Å². The maximum absolute atomic E-state index is 11.4. The van der Waals surface area contributed by atoms with Crippen molar-refractivity contribution >= 4 is 5.97 Å². The maximum Gasteiger partial charge on any atom is 0.307 e. The Morgan fingerprint density at radius 1 is 1.56 bits per heavy atom. The van der Waals surface area contributed by atoms with E-state index in [0.717, 1.165) is 18.8 Å². The van der Waals surface area contributed by atoms with E-state index in [9.17, 15) is 9.90 Å². The van der Waals surface area contributed by atoms with E-state index in [-0.39, 0.29) is 11.8 Å². The molecule has 1 aliphatic rings. The van der Waals surface area contributed by atoms with Gasteiger partial charge in [0.15, 0.2) is 0 Å². The third-order valence-electron chi connectivity index (χ3n) is 3.93. The zero-order valence-corrected chi connectivity index (χ0v) is 11.2. The first-order valence-corrected chi connectivity index (χ1v) is 6.45. The van der Waals surface area contributed by atoms with Gasteiger partial charge in [-0.15, -0.1) is 0 Å². The molecule has 0 aromatic carbocycles. The number of piperidine rings is 1. The Hall–Kier alpha value is -1.36. The van der Waals surface area contributed by atoms with Crippen molar-refractivity contribution in [3.8, 4) is 0 Å². The van der Waals surface area contributed by atoms with Crippen LogP contribution in [0.1, 0.15) is 31.9 Å². The van der Waals surface area contributed by atoms with E-state index >= 15 is 0 Å². The standard InChI is InChI=1S/C13H21N3O2/c1-9(2)16-7-5-10(13(17)18)11(8-16)12-4-6-14-15(12)3/h4,6,9-11H,5,7-8H2,1-3H3,(H,17,18). The van der Waals surface area contributed by atoms with E-state index in [1.165, 1.54) is 0 Å². The fourth-order valence-corrected chi connectivity index (χ4v) is 2.79. The van der Waals surface area contributed by atoms with Gasteiger partial charge in [-0.1, -0.05) is 0 Å². The SMILES string of the molecule is CC(C)N1CCC(C(=O)O)C(c2ccnn2C)C1. The monoisotopic (exact) mass is 251 g/mol.